The quantitative estimate of drug-likeness (QED) is 0.0992. The van der Waals surface area contributed by atoms with Gasteiger partial charge in [0.15, 0.2) is 0 Å². The van der Waals surface area contributed by atoms with Gasteiger partial charge in [-0.25, -0.2) is 4.79 Å². The number of para-hydroxylation sites is 1. The Morgan fingerprint density at radius 1 is 0.651 bits per heavy atom. The molecule has 330 valence electrons. The van der Waals surface area contributed by atoms with E-state index in [9.17, 15) is 33.9 Å². The molecule has 0 spiro atoms. The number of aromatic amines is 1. The van der Waals surface area contributed by atoms with E-state index in [-0.39, 0.29) is 42.5 Å². The number of carbonyl (C=O) groups is 6. The number of carbonyl (C=O) groups excluding carboxylic acids is 6. The van der Waals surface area contributed by atoms with Crippen LogP contribution in [0.5, 0.6) is 5.75 Å². The fourth-order valence-electron chi connectivity index (χ4n) is 7.41. The maximum Gasteiger partial charge on any atom is 0.328 e. The number of H-pyrrole nitrogens is 1. The van der Waals surface area contributed by atoms with Gasteiger partial charge in [0.25, 0.3) is 5.91 Å². The summed E-state index contributed by atoms with van der Waals surface area (Å²) < 4.78 is 0. The van der Waals surface area contributed by atoms with Crippen molar-refractivity contribution in [1.29, 1.82) is 0 Å². The second-order valence-corrected chi connectivity index (χ2v) is 16.1. The monoisotopic (exact) mass is 857 g/mol. The molecule has 4 bridgehead atoms. The number of aromatic nitrogens is 1. The average Bonchev–Trinajstić information content (AvgIpc) is 3.69. The number of anilines is 3. The Bertz CT molecular complexity index is 2420. The number of amides is 7. The molecule has 3 aliphatic heterocycles. The number of nitrogens with zero attached hydrogens (tertiary/aromatic N) is 2. The molecule has 0 saturated heterocycles. The zero-order valence-corrected chi connectivity index (χ0v) is 35.8. The van der Waals surface area contributed by atoms with Crippen LogP contribution in [0, 0.1) is 5.92 Å². The third-order valence-corrected chi connectivity index (χ3v) is 11.2. The Hall–Kier alpha value is -7.20. The van der Waals surface area contributed by atoms with Crippen molar-refractivity contribution in [3.8, 4) is 5.75 Å². The molecular weight excluding hydrogens is 803 g/mol. The van der Waals surface area contributed by atoms with Crippen molar-refractivity contribution in [3.05, 3.63) is 120 Å². The number of phenols is 1. The highest BCUT2D eigenvalue weighted by atomic mass is 16.3. The smallest absolute Gasteiger partial charge is 0.328 e. The number of benzene rings is 4. The van der Waals surface area contributed by atoms with Crippen LogP contribution in [0.4, 0.5) is 21.9 Å². The van der Waals surface area contributed by atoms with Gasteiger partial charge in [0.05, 0.1) is 0 Å². The molecule has 4 atom stereocenters. The lowest BCUT2D eigenvalue weighted by Crippen LogP contribution is -2.59. The number of aromatic hydroxyl groups is 1. The number of unbranched alkanes of at least 4 members (excludes halogenated alkanes) is 1. The standard InChI is InChI=1S/C47H55N9O7/c1-28(2)41-46(62)50-32-16-20-34(21-17-32)56(4)47(63)55(3)33-18-14-30(15-19-33)42(58)52-39(25-29-12-22-35(57)23-13-29)44(60)53-40(26-31-27-49-37-10-6-5-9-36(31)37)45(61)51-38(43(59)54-41)11-7-8-24-48/h5-6,9-10,12-23,27-28,38-41,49,57H,7-8,11,24-26,48H2,1-4H3,(H,50,62)(H,51,61)(H,52,58)(H,53,60)(H,54,59)/t38-,39+,40+,41-/m0/s1. The van der Waals surface area contributed by atoms with Crippen LogP contribution in [0.25, 0.3) is 10.9 Å². The lowest BCUT2D eigenvalue weighted by atomic mass is 10.00. The van der Waals surface area contributed by atoms with Gasteiger partial charge in [0.2, 0.25) is 23.6 Å². The minimum atomic E-state index is -1.24. The summed E-state index contributed by atoms with van der Waals surface area (Å²) in [5, 5.41) is 25.1. The van der Waals surface area contributed by atoms with Gasteiger partial charge >= 0.3 is 6.03 Å². The van der Waals surface area contributed by atoms with Gasteiger partial charge in [-0.2, -0.15) is 0 Å². The lowest BCUT2D eigenvalue weighted by molar-refractivity contribution is -0.133. The third-order valence-electron chi connectivity index (χ3n) is 11.2. The number of nitrogens with two attached hydrogens (primary N) is 1. The van der Waals surface area contributed by atoms with Crippen LogP contribution in [0.3, 0.4) is 0 Å². The van der Waals surface area contributed by atoms with Crippen LogP contribution >= 0.6 is 0 Å². The molecule has 63 heavy (non-hydrogen) atoms. The van der Waals surface area contributed by atoms with Crippen LogP contribution in [-0.4, -0.2) is 90.5 Å². The van der Waals surface area contributed by atoms with Gasteiger partial charge < -0.3 is 42.4 Å². The van der Waals surface area contributed by atoms with Gasteiger partial charge in [-0.15, -0.1) is 0 Å². The summed E-state index contributed by atoms with van der Waals surface area (Å²) in [7, 11) is 3.21. The molecule has 9 N–H and O–H groups in total. The lowest BCUT2D eigenvalue weighted by Gasteiger charge is -2.28. The number of rotatable bonds is 9. The molecule has 1 aromatic heterocycles. The molecule has 4 heterocycles. The van der Waals surface area contributed by atoms with E-state index in [2.05, 4.69) is 31.6 Å². The Morgan fingerprint density at radius 3 is 1.87 bits per heavy atom. The number of hydrogen-bond acceptors (Lipinski definition) is 8. The van der Waals surface area contributed by atoms with Crippen LogP contribution < -0.4 is 42.1 Å². The summed E-state index contributed by atoms with van der Waals surface area (Å²) in [6, 6.07) is 21.7. The summed E-state index contributed by atoms with van der Waals surface area (Å²) >= 11 is 0. The van der Waals surface area contributed by atoms with E-state index >= 15 is 0 Å². The predicted octanol–water partition coefficient (Wildman–Crippen LogP) is 4.34. The van der Waals surface area contributed by atoms with E-state index in [0.29, 0.717) is 42.0 Å². The molecule has 0 fully saturated rings. The van der Waals surface area contributed by atoms with Crippen molar-refractivity contribution in [1.82, 2.24) is 26.3 Å². The highest BCUT2D eigenvalue weighted by Crippen LogP contribution is 2.23. The first-order valence-corrected chi connectivity index (χ1v) is 21.0. The minimum absolute atomic E-state index is 0.00935. The molecule has 0 aliphatic carbocycles. The van der Waals surface area contributed by atoms with Gasteiger partial charge in [0.1, 0.15) is 29.9 Å². The molecular formula is C47H55N9O7. The maximum atomic E-state index is 14.5. The SMILES string of the molecule is CC(C)[C@@H]1NC(=O)[C@H](CCCCN)NC(=O)[C@@H](Cc2c[nH]c3ccccc23)NC(=O)[C@@H](Cc2ccc(O)cc2)NC(=O)c2ccc(cc2)N(C)C(=O)N(C)c2ccc(cc2)NC1=O. The molecule has 0 unspecified atom stereocenters. The average molecular weight is 858 g/mol. The molecule has 3 aliphatic rings. The van der Waals surface area contributed by atoms with Crippen molar-refractivity contribution in [2.45, 2.75) is 70.1 Å². The van der Waals surface area contributed by atoms with Crippen molar-refractivity contribution in [2.24, 2.45) is 11.7 Å². The topological polar surface area (TPSA) is 231 Å². The molecule has 16 nitrogen and oxygen atoms in total. The van der Waals surface area contributed by atoms with Crippen molar-refractivity contribution >= 4 is 63.5 Å². The number of nitrogens with one attached hydrogen (secondary N) is 6. The fourth-order valence-corrected chi connectivity index (χ4v) is 7.41. The molecule has 16 heteroatoms. The zero-order chi connectivity index (χ0) is 45.2. The number of hydrogen-bond donors (Lipinski definition) is 8. The third kappa shape index (κ3) is 11.4. The highest BCUT2D eigenvalue weighted by Gasteiger charge is 2.33. The van der Waals surface area contributed by atoms with E-state index in [1.165, 1.54) is 34.1 Å². The summed E-state index contributed by atoms with van der Waals surface area (Å²) in [5.41, 5.74) is 9.63. The number of phenolic OH excluding ortho intramolecular Hbond substituents is 1. The Balaban J connectivity index is 1.39. The highest BCUT2D eigenvalue weighted by molar-refractivity contribution is 6.04. The summed E-state index contributed by atoms with van der Waals surface area (Å²) in [6.45, 7) is 3.94. The van der Waals surface area contributed by atoms with E-state index < -0.39 is 53.7 Å². The van der Waals surface area contributed by atoms with E-state index in [0.717, 1.165) is 16.5 Å². The number of fused-ring (bicyclic) bond motifs is 3. The van der Waals surface area contributed by atoms with Gasteiger partial charge in [-0.1, -0.05) is 44.2 Å². The number of urea groups is 1. The molecule has 5 aromatic rings. The fraction of sp³-hybridized carbons (Fsp3) is 0.319. The molecule has 4 aromatic carbocycles. The van der Waals surface area contributed by atoms with E-state index in [1.807, 2.05) is 24.3 Å². The van der Waals surface area contributed by atoms with Crippen molar-refractivity contribution < 1.29 is 33.9 Å². The molecule has 0 saturated carbocycles. The van der Waals surface area contributed by atoms with Crippen LogP contribution in [0.15, 0.2) is 103 Å². The zero-order valence-electron chi connectivity index (χ0n) is 35.8. The van der Waals surface area contributed by atoms with Crippen molar-refractivity contribution in [2.75, 3.05) is 35.8 Å². The molecule has 8 rings (SSSR count). The molecule has 7 amide bonds. The van der Waals surface area contributed by atoms with Gasteiger partial charge in [0, 0.05) is 66.7 Å². The van der Waals surface area contributed by atoms with Crippen LogP contribution in [0.1, 0.15) is 54.6 Å². The first kappa shape index (κ1) is 45.3. The van der Waals surface area contributed by atoms with Gasteiger partial charge in [-0.3, -0.25) is 33.8 Å². The Labute approximate surface area is 366 Å². The van der Waals surface area contributed by atoms with E-state index in [1.54, 1.807) is 82.7 Å². The maximum absolute atomic E-state index is 14.5. The van der Waals surface area contributed by atoms with E-state index in [4.69, 9.17) is 5.73 Å². The first-order chi connectivity index (χ1) is 30.2. The van der Waals surface area contributed by atoms with Crippen LogP contribution in [-0.2, 0) is 32.0 Å². The predicted molar refractivity (Wildman–Crippen MR) is 242 cm³/mol. The molecule has 0 radical (unpaired) electrons. The second kappa shape index (κ2) is 20.6. The largest absolute Gasteiger partial charge is 0.508 e. The normalized spacial score (nSPS) is 19.6. The minimum Gasteiger partial charge on any atom is -0.508 e. The van der Waals surface area contributed by atoms with Crippen molar-refractivity contribution in [3.63, 3.8) is 0 Å². The Morgan fingerprint density at radius 2 is 1.24 bits per heavy atom. The summed E-state index contributed by atoms with van der Waals surface area (Å²) in [4.78, 5) is 90.5. The first-order valence-electron chi connectivity index (χ1n) is 21.0. The summed E-state index contributed by atoms with van der Waals surface area (Å²) in [5.74, 6) is -3.35. The Kier molecular flexibility index (Phi) is 14.8. The van der Waals surface area contributed by atoms with Crippen LogP contribution in [0.2, 0.25) is 0 Å². The summed E-state index contributed by atoms with van der Waals surface area (Å²) in [6.07, 6.45) is 2.99. The second-order valence-electron chi connectivity index (χ2n) is 16.1. The van der Waals surface area contributed by atoms with Gasteiger partial charge in [-0.05, 0) is 110 Å².